The molecule has 1 rings (SSSR count). The van der Waals surface area contributed by atoms with E-state index in [-0.39, 0.29) is 6.42 Å². The van der Waals surface area contributed by atoms with Gasteiger partial charge in [0.1, 0.15) is 11.5 Å². The Labute approximate surface area is 107 Å². The van der Waals surface area contributed by atoms with Gasteiger partial charge in [-0.3, -0.25) is 10.1 Å². The predicted octanol–water partition coefficient (Wildman–Crippen LogP) is 2.10. The summed E-state index contributed by atoms with van der Waals surface area (Å²) in [4.78, 5) is 22.4. The second kappa shape index (κ2) is 6.90. The van der Waals surface area contributed by atoms with Crippen LogP contribution in [0, 0.1) is 0 Å². The van der Waals surface area contributed by atoms with E-state index in [1.165, 1.54) is 7.11 Å². The average molecular weight is 302 g/mol. The molecule has 0 aliphatic rings. The summed E-state index contributed by atoms with van der Waals surface area (Å²) >= 11 is 3.10. The molecule has 0 atom stereocenters. The number of carbonyl (C=O) groups excluding carboxylic acids is 2. The number of benzene rings is 1. The normalized spacial score (nSPS) is 9.53. The summed E-state index contributed by atoms with van der Waals surface area (Å²) in [6.07, 6.45) is -0.586. The number of hydrogen-bond acceptors (Lipinski definition) is 4. The van der Waals surface area contributed by atoms with E-state index in [4.69, 9.17) is 9.47 Å². The molecule has 1 aromatic carbocycles. The SMILES string of the molecule is COc1cccc(OC(=O)NC(=O)CCBr)c1. The highest BCUT2D eigenvalue weighted by atomic mass is 79.9. The minimum atomic E-state index is -0.802. The predicted molar refractivity (Wildman–Crippen MR) is 65.6 cm³/mol. The van der Waals surface area contributed by atoms with Crippen LogP contribution in [0.4, 0.5) is 4.79 Å². The molecule has 92 valence electrons. The third-order valence-electron chi connectivity index (χ3n) is 1.81. The van der Waals surface area contributed by atoms with Gasteiger partial charge < -0.3 is 9.47 Å². The average Bonchev–Trinajstić information content (AvgIpc) is 2.29. The fourth-order valence-electron chi connectivity index (χ4n) is 1.06. The second-order valence-electron chi connectivity index (χ2n) is 3.06. The summed E-state index contributed by atoms with van der Waals surface area (Å²) in [5, 5.41) is 2.59. The maximum atomic E-state index is 11.3. The van der Waals surface area contributed by atoms with E-state index in [1.807, 2.05) is 0 Å². The summed E-state index contributed by atoms with van der Waals surface area (Å²) in [7, 11) is 1.51. The molecule has 17 heavy (non-hydrogen) atoms. The molecule has 0 radical (unpaired) electrons. The molecule has 0 fully saturated rings. The van der Waals surface area contributed by atoms with Gasteiger partial charge in [0, 0.05) is 17.8 Å². The Kier molecular flexibility index (Phi) is 5.48. The number of nitrogens with one attached hydrogen (secondary N) is 1. The van der Waals surface area contributed by atoms with Crippen LogP contribution in [-0.2, 0) is 4.79 Å². The highest BCUT2D eigenvalue weighted by molar-refractivity contribution is 9.09. The molecule has 0 aromatic heterocycles. The summed E-state index contributed by atoms with van der Waals surface area (Å²) in [6, 6.07) is 6.55. The molecule has 6 heteroatoms. The summed E-state index contributed by atoms with van der Waals surface area (Å²) in [5.74, 6) is 0.491. The van der Waals surface area contributed by atoms with Gasteiger partial charge in [-0.2, -0.15) is 0 Å². The Balaban J connectivity index is 2.52. The van der Waals surface area contributed by atoms with Crippen LogP contribution in [0.5, 0.6) is 11.5 Å². The van der Waals surface area contributed by atoms with Crippen molar-refractivity contribution in [3.8, 4) is 11.5 Å². The quantitative estimate of drug-likeness (QED) is 0.865. The number of alkyl halides is 1. The number of halogens is 1. The Bertz CT molecular complexity index is 408. The van der Waals surface area contributed by atoms with Crippen LogP contribution >= 0.6 is 15.9 Å². The van der Waals surface area contributed by atoms with Gasteiger partial charge in [-0.25, -0.2) is 4.79 Å². The van der Waals surface area contributed by atoms with Crippen molar-refractivity contribution >= 4 is 27.9 Å². The molecular formula is C11H12BrNO4. The maximum Gasteiger partial charge on any atom is 0.419 e. The van der Waals surface area contributed by atoms with Crippen LogP contribution in [0.25, 0.3) is 0 Å². The molecular weight excluding hydrogens is 290 g/mol. The maximum absolute atomic E-state index is 11.3. The molecule has 0 saturated heterocycles. The van der Waals surface area contributed by atoms with Crippen molar-refractivity contribution in [1.29, 1.82) is 0 Å². The van der Waals surface area contributed by atoms with Crippen molar-refractivity contribution in [3.63, 3.8) is 0 Å². The molecule has 0 aliphatic heterocycles. The van der Waals surface area contributed by atoms with E-state index in [0.717, 1.165) is 0 Å². The first-order valence-corrected chi connectivity index (χ1v) is 5.99. The highest BCUT2D eigenvalue weighted by Gasteiger charge is 2.09. The Hall–Kier alpha value is -1.56. The molecule has 0 saturated carbocycles. The lowest BCUT2D eigenvalue weighted by molar-refractivity contribution is -0.119. The van der Waals surface area contributed by atoms with Gasteiger partial charge >= 0.3 is 6.09 Å². The van der Waals surface area contributed by atoms with Crippen LogP contribution in [0.2, 0.25) is 0 Å². The molecule has 1 N–H and O–H groups in total. The lowest BCUT2D eigenvalue weighted by Gasteiger charge is -2.06. The van der Waals surface area contributed by atoms with E-state index in [9.17, 15) is 9.59 Å². The van der Waals surface area contributed by atoms with Gasteiger partial charge in [0.2, 0.25) is 5.91 Å². The molecule has 5 nitrogen and oxygen atoms in total. The Morgan fingerprint density at radius 2 is 2.06 bits per heavy atom. The fourth-order valence-corrected chi connectivity index (χ4v) is 1.42. The van der Waals surface area contributed by atoms with E-state index < -0.39 is 12.0 Å². The van der Waals surface area contributed by atoms with Crippen molar-refractivity contribution in [2.45, 2.75) is 6.42 Å². The van der Waals surface area contributed by atoms with Gasteiger partial charge in [0.05, 0.1) is 7.11 Å². The summed E-state index contributed by atoms with van der Waals surface area (Å²) in [5.41, 5.74) is 0. The molecule has 1 aromatic rings. The molecule has 0 aliphatic carbocycles. The van der Waals surface area contributed by atoms with E-state index >= 15 is 0 Å². The van der Waals surface area contributed by atoms with E-state index in [1.54, 1.807) is 24.3 Å². The van der Waals surface area contributed by atoms with Crippen LogP contribution in [0.15, 0.2) is 24.3 Å². The molecule has 0 heterocycles. The van der Waals surface area contributed by atoms with Crippen molar-refractivity contribution in [2.24, 2.45) is 0 Å². The first-order chi connectivity index (χ1) is 8.15. The van der Waals surface area contributed by atoms with Crippen molar-refractivity contribution < 1.29 is 19.1 Å². The third kappa shape index (κ3) is 4.86. The number of methoxy groups -OCH3 is 1. The van der Waals surface area contributed by atoms with Crippen molar-refractivity contribution in [1.82, 2.24) is 5.32 Å². The number of rotatable bonds is 4. The standard InChI is InChI=1S/C11H12BrNO4/c1-16-8-3-2-4-9(7-8)17-11(15)13-10(14)5-6-12/h2-4,7H,5-6H2,1H3,(H,13,14,15). The van der Waals surface area contributed by atoms with Crippen LogP contribution in [-0.4, -0.2) is 24.4 Å². The smallest absolute Gasteiger partial charge is 0.419 e. The number of carbonyl (C=O) groups is 2. The molecule has 0 spiro atoms. The monoisotopic (exact) mass is 301 g/mol. The molecule has 2 amide bonds. The first kappa shape index (κ1) is 13.5. The zero-order valence-corrected chi connectivity index (χ0v) is 10.8. The fraction of sp³-hybridized carbons (Fsp3) is 0.273. The van der Waals surface area contributed by atoms with Gasteiger partial charge in [0.25, 0.3) is 0 Å². The number of ether oxygens (including phenoxy) is 2. The zero-order chi connectivity index (χ0) is 12.7. The first-order valence-electron chi connectivity index (χ1n) is 4.87. The largest absolute Gasteiger partial charge is 0.497 e. The lowest BCUT2D eigenvalue weighted by atomic mass is 10.3. The van der Waals surface area contributed by atoms with Crippen LogP contribution in [0.3, 0.4) is 0 Å². The van der Waals surface area contributed by atoms with E-state index in [0.29, 0.717) is 16.8 Å². The van der Waals surface area contributed by atoms with Gasteiger partial charge in [0.15, 0.2) is 0 Å². The minimum Gasteiger partial charge on any atom is -0.497 e. The van der Waals surface area contributed by atoms with Crippen LogP contribution < -0.4 is 14.8 Å². The molecule has 0 unspecified atom stereocenters. The Morgan fingerprint density at radius 3 is 2.71 bits per heavy atom. The number of imide groups is 1. The van der Waals surface area contributed by atoms with Gasteiger partial charge in [-0.05, 0) is 12.1 Å². The topological polar surface area (TPSA) is 64.6 Å². The van der Waals surface area contributed by atoms with E-state index in [2.05, 4.69) is 21.2 Å². The van der Waals surface area contributed by atoms with Crippen molar-refractivity contribution in [3.05, 3.63) is 24.3 Å². The van der Waals surface area contributed by atoms with Crippen molar-refractivity contribution in [2.75, 3.05) is 12.4 Å². The zero-order valence-electron chi connectivity index (χ0n) is 9.23. The van der Waals surface area contributed by atoms with Crippen LogP contribution in [0.1, 0.15) is 6.42 Å². The summed E-state index contributed by atoms with van der Waals surface area (Å²) < 4.78 is 9.88. The minimum absolute atomic E-state index is 0.215. The second-order valence-corrected chi connectivity index (χ2v) is 3.85. The molecule has 0 bridgehead atoms. The summed E-state index contributed by atoms with van der Waals surface area (Å²) in [6.45, 7) is 0. The third-order valence-corrected chi connectivity index (χ3v) is 2.21. The Morgan fingerprint density at radius 1 is 1.35 bits per heavy atom. The van der Waals surface area contributed by atoms with Gasteiger partial charge in [-0.1, -0.05) is 22.0 Å². The highest BCUT2D eigenvalue weighted by Crippen LogP contribution is 2.18. The lowest BCUT2D eigenvalue weighted by Crippen LogP contribution is -2.32. The number of amides is 2. The van der Waals surface area contributed by atoms with Gasteiger partial charge in [-0.15, -0.1) is 0 Å². The number of hydrogen-bond donors (Lipinski definition) is 1.